The van der Waals surface area contributed by atoms with Crippen LogP contribution in [0.3, 0.4) is 0 Å². The molecule has 0 saturated carbocycles. The van der Waals surface area contributed by atoms with E-state index in [1.807, 2.05) is 44.2 Å². The minimum absolute atomic E-state index is 0.0898. The highest BCUT2D eigenvalue weighted by atomic mass is 16.5. The zero-order valence-corrected chi connectivity index (χ0v) is 11.8. The van der Waals surface area contributed by atoms with Crippen LogP contribution in [0.5, 0.6) is 5.75 Å². The first-order valence-corrected chi connectivity index (χ1v) is 6.65. The molecule has 19 heavy (non-hydrogen) atoms. The topological polar surface area (TPSA) is 35.2 Å². The van der Waals surface area contributed by atoms with Crippen molar-refractivity contribution in [3.8, 4) is 5.75 Å². The Morgan fingerprint density at radius 2 is 1.63 bits per heavy atom. The summed E-state index contributed by atoms with van der Waals surface area (Å²) in [6.07, 6.45) is 0.191. The molecule has 0 amide bonds. The fourth-order valence-corrected chi connectivity index (χ4v) is 2.08. The summed E-state index contributed by atoms with van der Waals surface area (Å²) in [5.41, 5.74) is 9.76. The lowest BCUT2D eigenvalue weighted by molar-refractivity contribution is 0.242. The molecule has 0 aromatic heterocycles. The van der Waals surface area contributed by atoms with Crippen molar-refractivity contribution in [3.05, 3.63) is 65.2 Å². The fraction of sp³-hybridized carbons (Fsp3) is 0.294. The third kappa shape index (κ3) is 3.58. The van der Waals surface area contributed by atoms with Crippen LogP contribution in [0.15, 0.2) is 48.5 Å². The van der Waals surface area contributed by atoms with E-state index in [1.165, 1.54) is 5.56 Å². The maximum Gasteiger partial charge on any atom is 0.119 e. The van der Waals surface area contributed by atoms with Crippen LogP contribution in [-0.4, -0.2) is 6.10 Å². The van der Waals surface area contributed by atoms with Gasteiger partial charge < -0.3 is 10.5 Å². The average molecular weight is 255 g/mol. The number of hydrogen-bond donors (Lipinski definition) is 1. The van der Waals surface area contributed by atoms with E-state index in [1.54, 1.807) is 0 Å². The van der Waals surface area contributed by atoms with Gasteiger partial charge in [-0.15, -0.1) is 0 Å². The molecule has 0 spiro atoms. The summed E-state index contributed by atoms with van der Waals surface area (Å²) in [5.74, 6) is 0.884. The molecular weight excluding hydrogens is 234 g/mol. The van der Waals surface area contributed by atoms with Gasteiger partial charge in [-0.25, -0.2) is 0 Å². The zero-order chi connectivity index (χ0) is 13.8. The van der Waals surface area contributed by atoms with Gasteiger partial charge in [-0.05, 0) is 44.0 Å². The predicted octanol–water partition coefficient (Wildman–Crippen LogP) is 3.83. The van der Waals surface area contributed by atoms with Gasteiger partial charge in [0, 0.05) is 0 Å². The monoisotopic (exact) mass is 255 g/mol. The van der Waals surface area contributed by atoms with E-state index in [2.05, 4.69) is 25.1 Å². The Kier molecular flexibility index (Phi) is 4.23. The van der Waals surface area contributed by atoms with Crippen LogP contribution in [-0.2, 0) is 0 Å². The normalized spacial score (nSPS) is 12.5. The van der Waals surface area contributed by atoms with Crippen molar-refractivity contribution in [1.29, 1.82) is 0 Å². The van der Waals surface area contributed by atoms with E-state index in [-0.39, 0.29) is 12.1 Å². The third-order valence-electron chi connectivity index (χ3n) is 3.01. The van der Waals surface area contributed by atoms with Gasteiger partial charge in [0.25, 0.3) is 0 Å². The minimum atomic E-state index is -0.0898. The Morgan fingerprint density at radius 1 is 0.947 bits per heavy atom. The number of nitrogens with two attached hydrogens (primary N) is 1. The Morgan fingerprint density at radius 3 is 2.21 bits per heavy atom. The summed E-state index contributed by atoms with van der Waals surface area (Å²) >= 11 is 0. The highest BCUT2D eigenvalue weighted by molar-refractivity contribution is 5.36. The van der Waals surface area contributed by atoms with E-state index < -0.39 is 0 Å². The fourth-order valence-electron chi connectivity index (χ4n) is 2.08. The second-order valence-electron chi connectivity index (χ2n) is 5.13. The van der Waals surface area contributed by atoms with E-state index in [9.17, 15) is 0 Å². The van der Waals surface area contributed by atoms with Crippen molar-refractivity contribution in [2.75, 3.05) is 0 Å². The molecule has 2 heteroatoms. The minimum Gasteiger partial charge on any atom is -0.491 e. The molecule has 0 aliphatic rings. The Labute approximate surface area is 115 Å². The molecular formula is C17H21NO. The van der Waals surface area contributed by atoms with Crippen molar-refractivity contribution < 1.29 is 4.74 Å². The summed E-state index contributed by atoms with van der Waals surface area (Å²) in [6, 6.07) is 16.2. The highest BCUT2D eigenvalue weighted by Gasteiger charge is 2.09. The molecule has 0 aliphatic heterocycles. The molecule has 2 aromatic rings. The zero-order valence-electron chi connectivity index (χ0n) is 11.8. The molecule has 0 radical (unpaired) electrons. The van der Waals surface area contributed by atoms with Crippen molar-refractivity contribution in [2.24, 2.45) is 5.73 Å². The average Bonchev–Trinajstić information content (AvgIpc) is 2.38. The molecule has 2 nitrogen and oxygen atoms in total. The molecule has 2 rings (SSSR count). The smallest absolute Gasteiger partial charge is 0.119 e. The van der Waals surface area contributed by atoms with E-state index in [4.69, 9.17) is 10.5 Å². The van der Waals surface area contributed by atoms with Crippen molar-refractivity contribution in [2.45, 2.75) is 32.9 Å². The van der Waals surface area contributed by atoms with Gasteiger partial charge in [0.2, 0.25) is 0 Å². The molecule has 0 bridgehead atoms. The first kappa shape index (κ1) is 13.6. The molecule has 0 heterocycles. The summed E-state index contributed by atoms with van der Waals surface area (Å²) in [7, 11) is 0. The van der Waals surface area contributed by atoms with Crippen LogP contribution >= 0.6 is 0 Å². The van der Waals surface area contributed by atoms with Crippen molar-refractivity contribution in [3.63, 3.8) is 0 Å². The number of hydrogen-bond acceptors (Lipinski definition) is 2. The predicted molar refractivity (Wildman–Crippen MR) is 79.4 cm³/mol. The van der Waals surface area contributed by atoms with Gasteiger partial charge in [0.1, 0.15) is 5.75 Å². The number of ether oxygens (including phenoxy) is 1. The van der Waals surface area contributed by atoms with Gasteiger partial charge in [-0.1, -0.05) is 42.0 Å². The molecule has 0 saturated heterocycles. The van der Waals surface area contributed by atoms with Gasteiger partial charge in [-0.2, -0.15) is 0 Å². The molecule has 1 atom stereocenters. The van der Waals surface area contributed by atoms with Crippen molar-refractivity contribution >= 4 is 0 Å². The van der Waals surface area contributed by atoms with Crippen LogP contribution in [0, 0.1) is 6.92 Å². The summed E-state index contributed by atoms with van der Waals surface area (Å²) in [6.45, 7) is 6.12. The van der Waals surface area contributed by atoms with Gasteiger partial charge in [0.15, 0.2) is 0 Å². The number of benzene rings is 2. The van der Waals surface area contributed by atoms with Crippen LogP contribution in [0.25, 0.3) is 0 Å². The lowest BCUT2D eigenvalue weighted by Crippen LogP contribution is -2.12. The Balaban J connectivity index is 2.17. The quantitative estimate of drug-likeness (QED) is 0.901. The van der Waals surface area contributed by atoms with E-state index in [0.29, 0.717) is 0 Å². The van der Waals surface area contributed by atoms with Gasteiger partial charge >= 0.3 is 0 Å². The Bertz CT molecular complexity index is 531. The first-order chi connectivity index (χ1) is 9.06. The highest BCUT2D eigenvalue weighted by Crippen LogP contribution is 2.23. The second kappa shape index (κ2) is 5.89. The van der Waals surface area contributed by atoms with E-state index >= 15 is 0 Å². The SMILES string of the molecule is Cc1cccc(C(N)c2ccc(OC(C)C)cc2)c1. The summed E-state index contributed by atoms with van der Waals surface area (Å²) in [5, 5.41) is 0. The first-order valence-electron chi connectivity index (χ1n) is 6.65. The lowest BCUT2D eigenvalue weighted by atomic mass is 9.98. The van der Waals surface area contributed by atoms with Gasteiger partial charge in [0.05, 0.1) is 12.1 Å². The maximum absolute atomic E-state index is 6.30. The Hall–Kier alpha value is -1.80. The maximum atomic E-state index is 6.30. The second-order valence-corrected chi connectivity index (χ2v) is 5.13. The molecule has 0 aliphatic carbocycles. The van der Waals surface area contributed by atoms with E-state index in [0.717, 1.165) is 16.9 Å². The van der Waals surface area contributed by atoms with Crippen LogP contribution in [0.4, 0.5) is 0 Å². The van der Waals surface area contributed by atoms with Crippen LogP contribution in [0.2, 0.25) is 0 Å². The number of rotatable bonds is 4. The molecule has 2 aromatic carbocycles. The van der Waals surface area contributed by atoms with Crippen LogP contribution < -0.4 is 10.5 Å². The van der Waals surface area contributed by atoms with Gasteiger partial charge in [-0.3, -0.25) is 0 Å². The lowest BCUT2D eigenvalue weighted by Gasteiger charge is -2.15. The standard InChI is InChI=1S/C17H21NO/c1-12(2)19-16-9-7-14(8-10-16)17(18)15-6-4-5-13(3)11-15/h4-12,17H,18H2,1-3H3. The van der Waals surface area contributed by atoms with Crippen LogP contribution in [0.1, 0.15) is 36.6 Å². The molecule has 1 unspecified atom stereocenters. The van der Waals surface area contributed by atoms with Crippen molar-refractivity contribution in [1.82, 2.24) is 0 Å². The molecule has 0 fully saturated rings. The largest absolute Gasteiger partial charge is 0.491 e. The summed E-state index contributed by atoms with van der Waals surface area (Å²) in [4.78, 5) is 0. The number of aryl methyl sites for hydroxylation is 1. The molecule has 100 valence electrons. The third-order valence-corrected chi connectivity index (χ3v) is 3.01. The molecule has 2 N–H and O–H groups in total. The summed E-state index contributed by atoms with van der Waals surface area (Å²) < 4.78 is 5.63.